The van der Waals surface area contributed by atoms with Crippen LogP contribution < -0.4 is 5.73 Å². The van der Waals surface area contributed by atoms with E-state index in [0.717, 1.165) is 38.8 Å². The number of Topliss-reactive ketones (excluding diaryl/α,β-unsaturated/α-hetero) is 4. The number of amides is 1. The Morgan fingerprint density at radius 3 is 2.20 bits per heavy atom. The minimum Gasteiger partial charge on any atom is -0.507 e. The highest BCUT2D eigenvalue weighted by Crippen LogP contribution is 2.51. The minimum atomic E-state index is -2.80. The number of primary amides is 1. The SMILES string of the molecule is CN(C)[C@@H]1C(=O)C(C(N)=O)C(=O)[C@@]2(O)C(=O)C3C(=O)c4c(O)cc(CN(CC5CCCCCC5)CC5CC5)c(F)c4C[C@H]3C[C@@H]12. The van der Waals surface area contributed by atoms with E-state index in [1.807, 2.05) is 0 Å². The Balaban J connectivity index is 1.33. The molecule has 0 saturated heterocycles. The molecule has 4 N–H and O–H groups in total. The molecule has 4 saturated carbocycles. The Hall–Kier alpha value is -3.02. The molecular weight excluding hydrogens is 581 g/mol. The molecule has 6 atom stereocenters. The van der Waals surface area contributed by atoms with Crippen LogP contribution in [-0.4, -0.2) is 87.9 Å². The number of phenolic OH excluding ortho intramolecular Hbond substituents is 1. The summed E-state index contributed by atoms with van der Waals surface area (Å²) in [5, 5.41) is 22.8. The summed E-state index contributed by atoms with van der Waals surface area (Å²) in [4.78, 5) is 70.4. The van der Waals surface area contributed by atoms with Gasteiger partial charge in [-0.25, -0.2) is 4.39 Å². The van der Waals surface area contributed by atoms with Gasteiger partial charge in [-0.05, 0) is 76.4 Å². The molecule has 6 rings (SSSR count). The smallest absolute Gasteiger partial charge is 0.235 e. The zero-order chi connectivity index (χ0) is 32.4. The maximum absolute atomic E-state index is 16.4. The molecule has 45 heavy (non-hydrogen) atoms. The molecule has 5 aliphatic rings. The Kier molecular flexibility index (Phi) is 8.50. The van der Waals surface area contributed by atoms with Crippen LogP contribution >= 0.6 is 0 Å². The average Bonchev–Trinajstić information content (AvgIpc) is 3.81. The van der Waals surface area contributed by atoms with E-state index in [4.69, 9.17) is 5.73 Å². The van der Waals surface area contributed by atoms with Crippen LogP contribution in [0.5, 0.6) is 5.75 Å². The van der Waals surface area contributed by atoms with E-state index in [-0.39, 0.29) is 24.0 Å². The zero-order valence-electron chi connectivity index (χ0n) is 26.1. The second-order valence-electron chi connectivity index (χ2n) is 14.5. The fourth-order valence-corrected chi connectivity index (χ4v) is 8.84. The van der Waals surface area contributed by atoms with Gasteiger partial charge in [0.2, 0.25) is 5.91 Å². The highest BCUT2D eigenvalue weighted by Gasteiger charge is 2.69. The van der Waals surface area contributed by atoms with Gasteiger partial charge in [-0.3, -0.25) is 33.8 Å². The molecule has 0 radical (unpaired) electrons. The van der Waals surface area contributed by atoms with Crippen molar-refractivity contribution < 1.29 is 38.6 Å². The number of carbonyl (C=O) groups excluding carboxylic acids is 5. The monoisotopic (exact) mass is 625 g/mol. The number of benzene rings is 1. The summed E-state index contributed by atoms with van der Waals surface area (Å²) >= 11 is 0. The topological polar surface area (TPSA) is 158 Å². The molecule has 11 heteroatoms. The van der Waals surface area contributed by atoms with Crippen molar-refractivity contribution in [1.82, 2.24) is 9.80 Å². The van der Waals surface area contributed by atoms with Gasteiger partial charge in [0, 0.05) is 36.7 Å². The lowest BCUT2D eigenvalue weighted by molar-refractivity contribution is -0.181. The van der Waals surface area contributed by atoms with Gasteiger partial charge in [-0.2, -0.15) is 0 Å². The average molecular weight is 626 g/mol. The molecule has 0 bridgehead atoms. The fraction of sp³-hybridized carbons (Fsp3) is 0.676. The van der Waals surface area contributed by atoms with Gasteiger partial charge >= 0.3 is 0 Å². The number of hydrogen-bond donors (Lipinski definition) is 3. The summed E-state index contributed by atoms with van der Waals surface area (Å²) in [7, 11) is 3.06. The number of aliphatic hydroxyl groups is 1. The number of fused-ring (bicyclic) bond motifs is 3. The second kappa shape index (κ2) is 12.0. The summed E-state index contributed by atoms with van der Waals surface area (Å²) in [5.41, 5.74) is 2.59. The highest BCUT2D eigenvalue weighted by atomic mass is 19.1. The lowest BCUT2D eigenvalue weighted by atomic mass is 9.52. The molecule has 1 amide bonds. The lowest BCUT2D eigenvalue weighted by Crippen LogP contribution is -2.74. The summed E-state index contributed by atoms with van der Waals surface area (Å²) in [5.74, 6) is -10.9. The molecular formula is C34H44FN3O7. The predicted octanol–water partition coefficient (Wildman–Crippen LogP) is 2.19. The standard InChI is InChI=1S/C34H44FN3O7/c1-37(2)28-22-12-19-11-21-25(29(40)24(19)31(42)34(22,45)32(43)26(30(28)41)33(36)44)23(39)13-20(27(21)35)16-38(15-18-9-10-18)14-17-7-5-3-4-6-8-17/h13,17-19,22,24,26,28,39,45H,3-12,14-16H2,1-2H3,(H2,36,44)/t19-,22-,24?,26?,28-,34-/m0/s1. The molecule has 0 aliphatic heterocycles. The van der Waals surface area contributed by atoms with E-state index in [1.165, 1.54) is 50.7 Å². The summed E-state index contributed by atoms with van der Waals surface area (Å²) in [6.07, 6.45) is 9.30. The third-order valence-electron chi connectivity index (χ3n) is 11.2. The molecule has 10 nitrogen and oxygen atoms in total. The molecule has 1 aromatic carbocycles. The third-order valence-corrected chi connectivity index (χ3v) is 11.2. The van der Waals surface area contributed by atoms with Gasteiger partial charge in [0.15, 0.2) is 34.7 Å². The number of nitrogens with zero attached hydrogens (tertiary/aromatic N) is 2. The van der Waals surface area contributed by atoms with Crippen molar-refractivity contribution in [2.45, 2.75) is 82.4 Å². The fourth-order valence-electron chi connectivity index (χ4n) is 8.84. The number of carbonyl (C=O) groups is 5. The van der Waals surface area contributed by atoms with E-state index >= 15 is 4.39 Å². The Bertz CT molecular complexity index is 1430. The third kappa shape index (κ3) is 5.44. The summed E-state index contributed by atoms with van der Waals surface area (Å²) in [6.45, 7) is 2.00. The molecule has 0 spiro atoms. The first-order valence-corrected chi connectivity index (χ1v) is 16.4. The van der Waals surface area contributed by atoms with Gasteiger partial charge in [0.05, 0.1) is 17.5 Å². The first kappa shape index (κ1) is 31.9. The van der Waals surface area contributed by atoms with Crippen molar-refractivity contribution in [2.24, 2.45) is 41.2 Å². The normalized spacial score (nSPS) is 32.4. The van der Waals surface area contributed by atoms with Gasteiger partial charge in [0.25, 0.3) is 0 Å². The van der Waals surface area contributed by atoms with Crippen molar-refractivity contribution in [3.05, 3.63) is 28.6 Å². The van der Waals surface area contributed by atoms with E-state index in [9.17, 15) is 34.2 Å². The van der Waals surface area contributed by atoms with Crippen LogP contribution in [0.2, 0.25) is 0 Å². The molecule has 244 valence electrons. The van der Waals surface area contributed by atoms with Gasteiger partial charge < -0.3 is 15.9 Å². The lowest BCUT2D eigenvalue weighted by Gasteiger charge is -2.52. The van der Waals surface area contributed by atoms with E-state index < -0.39 is 75.9 Å². The number of nitrogens with two attached hydrogens (primary N) is 1. The number of ketones is 4. The predicted molar refractivity (Wildman–Crippen MR) is 161 cm³/mol. The van der Waals surface area contributed by atoms with Crippen molar-refractivity contribution in [1.29, 1.82) is 0 Å². The highest BCUT2D eigenvalue weighted by molar-refractivity contribution is 6.32. The van der Waals surface area contributed by atoms with Crippen LogP contribution in [0.4, 0.5) is 4.39 Å². The van der Waals surface area contributed by atoms with Crippen molar-refractivity contribution in [2.75, 3.05) is 27.2 Å². The van der Waals surface area contributed by atoms with Crippen LogP contribution in [0.25, 0.3) is 0 Å². The molecule has 2 unspecified atom stereocenters. The molecule has 5 aliphatic carbocycles. The van der Waals surface area contributed by atoms with Gasteiger partial charge in [-0.15, -0.1) is 0 Å². The molecule has 4 fully saturated rings. The quantitative estimate of drug-likeness (QED) is 0.291. The number of aromatic hydroxyl groups is 1. The summed E-state index contributed by atoms with van der Waals surface area (Å²) in [6, 6.07) is 0.0796. The van der Waals surface area contributed by atoms with Gasteiger partial charge in [0.1, 0.15) is 11.6 Å². The van der Waals surface area contributed by atoms with Crippen LogP contribution in [-0.2, 0) is 32.1 Å². The first-order chi connectivity index (χ1) is 21.3. The van der Waals surface area contributed by atoms with Crippen molar-refractivity contribution in [3.8, 4) is 5.75 Å². The van der Waals surface area contributed by atoms with Crippen LogP contribution in [0.3, 0.4) is 0 Å². The number of phenols is 1. The maximum Gasteiger partial charge on any atom is 0.235 e. The number of hydrogen-bond acceptors (Lipinski definition) is 9. The number of likely N-dealkylation sites (N-methyl/N-ethyl adjacent to an activating group) is 1. The molecule has 0 aromatic heterocycles. The summed E-state index contributed by atoms with van der Waals surface area (Å²) < 4.78 is 16.4. The van der Waals surface area contributed by atoms with Crippen LogP contribution in [0.15, 0.2) is 6.07 Å². The Labute approximate surface area is 262 Å². The maximum atomic E-state index is 16.4. The Morgan fingerprint density at radius 2 is 1.62 bits per heavy atom. The van der Waals surface area contributed by atoms with E-state index in [2.05, 4.69) is 4.90 Å². The van der Waals surface area contributed by atoms with Crippen LogP contribution in [0, 0.1) is 41.3 Å². The van der Waals surface area contributed by atoms with Crippen molar-refractivity contribution >= 4 is 29.0 Å². The zero-order valence-corrected chi connectivity index (χ0v) is 26.1. The second-order valence-corrected chi connectivity index (χ2v) is 14.5. The number of halogens is 1. The van der Waals surface area contributed by atoms with Gasteiger partial charge in [-0.1, -0.05) is 25.7 Å². The van der Waals surface area contributed by atoms with E-state index in [1.54, 1.807) is 0 Å². The molecule has 0 heterocycles. The largest absolute Gasteiger partial charge is 0.507 e. The van der Waals surface area contributed by atoms with Crippen molar-refractivity contribution in [3.63, 3.8) is 0 Å². The Morgan fingerprint density at radius 1 is 1.00 bits per heavy atom. The molecule has 1 aromatic rings. The number of rotatable bonds is 8. The first-order valence-electron chi connectivity index (χ1n) is 16.4. The minimum absolute atomic E-state index is 0.0280. The van der Waals surface area contributed by atoms with Crippen LogP contribution in [0.1, 0.15) is 79.3 Å². The van der Waals surface area contributed by atoms with E-state index in [0.29, 0.717) is 23.9 Å².